The maximum absolute atomic E-state index is 12.3. The van der Waals surface area contributed by atoms with Gasteiger partial charge in [-0.05, 0) is 37.1 Å². The zero-order valence-electron chi connectivity index (χ0n) is 16.0. The molecule has 2 aromatic carbocycles. The lowest BCUT2D eigenvalue weighted by atomic mass is 10.2. The summed E-state index contributed by atoms with van der Waals surface area (Å²) in [7, 11) is 0. The van der Waals surface area contributed by atoms with E-state index in [0.717, 1.165) is 43.0 Å². The van der Waals surface area contributed by atoms with Gasteiger partial charge in [0.25, 0.3) is 5.91 Å². The van der Waals surface area contributed by atoms with E-state index in [1.54, 1.807) is 24.3 Å². The normalized spacial score (nSPS) is 13.1. The Morgan fingerprint density at radius 2 is 2.03 bits per heavy atom. The average molecular weight is 387 g/mol. The van der Waals surface area contributed by atoms with E-state index in [1.807, 2.05) is 30.3 Å². The van der Waals surface area contributed by atoms with Crippen molar-refractivity contribution in [3.63, 3.8) is 0 Å². The van der Waals surface area contributed by atoms with Gasteiger partial charge in [0.05, 0.1) is 5.56 Å². The molecule has 7 nitrogen and oxygen atoms in total. The van der Waals surface area contributed by atoms with Crippen LogP contribution in [-0.4, -0.2) is 27.3 Å². The number of amides is 1. The van der Waals surface area contributed by atoms with E-state index < -0.39 is 0 Å². The Morgan fingerprint density at radius 1 is 1.14 bits per heavy atom. The van der Waals surface area contributed by atoms with Gasteiger partial charge >= 0.3 is 0 Å². The molecule has 0 aliphatic carbocycles. The molecule has 0 radical (unpaired) electrons. The molecule has 0 spiro atoms. The molecule has 1 N–H and O–H groups in total. The van der Waals surface area contributed by atoms with Gasteiger partial charge in [0, 0.05) is 24.2 Å². The number of nitrogens with one attached hydrogen (secondary N) is 1. The molecule has 0 unspecified atom stereocenters. The van der Waals surface area contributed by atoms with Crippen LogP contribution >= 0.6 is 0 Å². The molecule has 146 valence electrons. The van der Waals surface area contributed by atoms with Crippen LogP contribution in [-0.2, 0) is 17.8 Å². The fraction of sp³-hybridized carbons (Fsp3) is 0.273. The predicted molar refractivity (Wildman–Crippen MR) is 108 cm³/mol. The molecule has 4 rings (SSSR count). The van der Waals surface area contributed by atoms with E-state index in [-0.39, 0.29) is 12.5 Å². The minimum absolute atomic E-state index is 0.177. The van der Waals surface area contributed by atoms with Crippen molar-refractivity contribution in [2.24, 2.45) is 0 Å². The monoisotopic (exact) mass is 387 g/mol. The molecule has 0 bridgehead atoms. The molecule has 0 saturated carbocycles. The first-order chi connectivity index (χ1) is 14.2. The van der Waals surface area contributed by atoms with Gasteiger partial charge in [-0.2, -0.15) is 5.26 Å². The highest BCUT2D eigenvalue weighted by Gasteiger charge is 2.16. The SMILES string of the molecule is N#Cc1ccccc1OCC(=O)Nc1cccc(-c2nnc3n2CCCCC3)c1. The minimum Gasteiger partial charge on any atom is -0.482 e. The van der Waals surface area contributed by atoms with Gasteiger partial charge in [0.15, 0.2) is 12.4 Å². The summed E-state index contributed by atoms with van der Waals surface area (Å²) in [6, 6.07) is 16.5. The van der Waals surface area contributed by atoms with E-state index in [1.165, 1.54) is 6.42 Å². The number of benzene rings is 2. The molecule has 1 aliphatic heterocycles. The molecule has 7 heteroatoms. The summed E-state index contributed by atoms with van der Waals surface area (Å²) in [5.41, 5.74) is 1.98. The number of fused-ring (bicyclic) bond motifs is 1. The summed E-state index contributed by atoms with van der Waals surface area (Å²) < 4.78 is 7.67. The second-order valence-electron chi connectivity index (χ2n) is 6.93. The molecule has 1 amide bonds. The molecule has 2 heterocycles. The van der Waals surface area contributed by atoms with Crippen molar-refractivity contribution in [3.05, 3.63) is 59.9 Å². The van der Waals surface area contributed by atoms with E-state index >= 15 is 0 Å². The number of nitriles is 1. The van der Waals surface area contributed by atoms with Crippen LogP contribution < -0.4 is 10.1 Å². The smallest absolute Gasteiger partial charge is 0.262 e. The van der Waals surface area contributed by atoms with Crippen LogP contribution in [0.4, 0.5) is 5.69 Å². The fourth-order valence-corrected chi connectivity index (χ4v) is 3.46. The van der Waals surface area contributed by atoms with Crippen LogP contribution in [0.3, 0.4) is 0 Å². The van der Waals surface area contributed by atoms with E-state index in [9.17, 15) is 4.79 Å². The Labute approximate surface area is 169 Å². The zero-order chi connectivity index (χ0) is 20.1. The number of anilines is 1. The Morgan fingerprint density at radius 3 is 2.93 bits per heavy atom. The predicted octanol–water partition coefficient (Wildman–Crippen LogP) is 3.56. The van der Waals surface area contributed by atoms with Crippen LogP contribution in [0.25, 0.3) is 11.4 Å². The maximum Gasteiger partial charge on any atom is 0.262 e. The first kappa shape index (κ1) is 18.7. The van der Waals surface area contributed by atoms with Crippen molar-refractivity contribution < 1.29 is 9.53 Å². The summed E-state index contributed by atoms with van der Waals surface area (Å²) in [4.78, 5) is 12.3. The topological polar surface area (TPSA) is 92.8 Å². The molecular weight excluding hydrogens is 366 g/mol. The number of hydrogen-bond acceptors (Lipinski definition) is 5. The third kappa shape index (κ3) is 4.27. The highest BCUT2D eigenvalue weighted by Crippen LogP contribution is 2.25. The maximum atomic E-state index is 12.3. The number of nitrogens with zero attached hydrogens (tertiary/aromatic N) is 4. The van der Waals surface area contributed by atoms with Crippen LogP contribution in [0.1, 0.15) is 30.7 Å². The van der Waals surface area contributed by atoms with Crippen LogP contribution in [0.2, 0.25) is 0 Å². The molecule has 0 saturated heterocycles. The van der Waals surface area contributed by atoms with E-state index in [4.69, 9.17) is 10.00 Å². The molecule has 0 atom stereocenters. The number of carbonyl (C=O) groups is 1. The lowest BCUT2D eigenvalue weighted by Gasteiger charge is -2.10. The minimum atomic E-state index is -0.296. The lowest BCUT2D eigenvalue weighted by Crippen LogP contribution is -2.20. The second-order valence-corrected chi connectivity index (χ2v) is 6.93. The van der Waals surface area contributed by atoms with Gasteiger partial charge in [-0.1, -0.05) is 30.7 Å². The number of hydrogen-bond donors (Lipinski definition) is 1. The van der Waals surface area contributed by atoms with Crippen molar-refractivity contribution in [3.8, 4) is 23.2 Å². The molecular formula is C22H21N5O2. The summed E-state index contributed by atoms with van der Waals surface area (Å²) in [6.45, 7) is 0.740. The quantitative estimate of drug-likeness (QED) is 0.722. The number of aryl methyl sites for hydroxylation is 1. The summed E-state index contributed by atoms with van der Waals surface area (Å²) in [5, 5.41) is 20.7. The molecule has 1 aromatic heterocycles. The van der Waals surface area contributed by atoms with Gasteiger partial charge in [-0.25, -0.2) is 0 Å². The average Bonchev–Trinajstić information content (AvgIpc) is 3.01. The van der Waals surface area contributed by atoms with Crippen LogP contribution in [0.5, 0.6) is 5.75 Å². The third-order valence-electron chi connectivity index (χ3n) is 4.88. The zero-order valence-corrected chi connectivity index (χ0v) is 16.0. The van der Waals surface area contributed by atoms with Gasteiger partial charge in [-0.3, -0.25) is 4.79 Å². The van der Waals surface area contributed by atoms with Gasteiger partial charge in [0.1, 0.15) is 17.6 Å². The Bertz CT molecular complexity index is 1070. The summed E-state index contributed by atoms with van der Waals surface area (Å²) >= 11 is 0. The summed E-state index contributed by atoms with van der Waals surface area (Å²) in [6.07, 6.45) is 4.41. The lowest BCUT2D eigenvalue weighted by molar-refractivity contribution is -0.118. The largest absolute Gasteiger partial charge is 0.482 e. The first-order valence-electron chi connectivity index (χ1n) is 9.69. The number of aromatic nitrogens is 3. The molecule has 0 fully saturated rings. The van der Waals surface area contributed by atoms with Crippen molar-refractivity contribution in [2.45, 2.75) is 32.2 Å². The number of para-hydroxylation sites is 1. The van der Waals surface area contributed by atoms with Gasteiger partial charge < -0.3 is 14.6 Å². The third-order valence-corrected chi connectivity index (χ3v) is 4.88. The van der Waals surface area contributed by atoms with E-state index in [0.29, 0.717) is 17.0 Å². The standard InChI is InChI=1S/C22H21N5O2/c23-14-17-7-3-4-10-19(17)29-15-21(28)24-18-9-6-8-16(13-18)22-26-25-20-11-2-1-5-12-27(20)22/h3-4,6-10,13H,1-2,5,11-12,15H2,(H,24,28). The van der Waals surface area contributed by atoms with Crippen molar-refractivity contribution in [2.75, 3.05) is 11.9 Å². The van der Waals surface area contributed by atoms with Crippen LogP contribution in [0.15, 0.2) is 48.5 Å². The van der Waals surface area contributed by atoms with Crippen LogP contribution in [0, 0.1) is 11.3 Å². The molecule has 29 heavy (non-hydrogen) atoms. The van der Waals surface area contributed by atoms with Crippen molar-refractivity contribution in [1.82, 2.24) is 14.8 Å². The fourth-order valence-electron chi connectivity index (χ4n) is 3.46. The Hall–Kier alpha value is -3.66. The Balaban J connectivity index is 1.45. The highest BCUT2D eigenvalue weighted by molar-refractivity contribution is 5.92. The number of carbonyl (C=O) groups excluding carboxylic acids is 1. The molecule has 1 aliphatic rings. The molecule has 3 aromatic rings. The van der Waals surface area contributed by atoms with Crippen molar-refractivity contribution in [1.29, 1.82) is 5.26 Å². The van der Waals surface area contributed by atoms with Crippen molar-refractivity contribution >= 4 is 11.6 Å². The number of rotatable bonds is 5. The Kier molecular flexibility index (Phi) is 5.52. The van der Waals surface area contributed by atoms with E-state index in [2.05, 4.69) is 20.1 Å². The number of ether oxygens (including phenoxy) is 1. The van der Waals surface area contributed by atoms with Gasteiger partial charge in [-0.15, -0.1) is 10.2 Å². The highest BCUT2D eigenvalue weighted by atomic mass is 16.5. The summed E-state index contributed by atoms with van der Waals surface area (Å²) in [5.74, 6) is 1.95. The first-order valence-corrected chi connectivity index (χ1v) is 9.69. The van der Waals surface area contributed by atoms with Gasteiger partial charge in [0.2, 0.25) is 0 Å². The second kappa shape index (κ2) is 8.57.